The predicted molar refractivity (Wildman–Crippen MR) is 59.8 cm³/mol. The zero-order valence-electron chi connectivity index (χ0n) is 9.93. The Kier molecular flexibility index (Phi) is 4.15. The van der Waals surface area contributed by atoms with Gasteiger partial charge in [0.05, 0.1) is 11.5 Å². The molecule has 2 atom stereocenters. The monoisotopic (exact) mass is 226 g/mol. The number of carbonyl (C=O) groups excluding carboxylic acids is 1. The number of piperidine rings is 1. The molecule has 1 saturated heterocycles. The van der Waals surface area contributed by atoms with Crippen molar-refractivity contribution in [3.63, 3.8) is 0 Å². The standard InChI is InChI=1S/C10H18N4O2/c1-10(2,3)9(15)16-8-4-5-12-6-7(8)13-14-11/h7-8,12H,4-6H2,1-3H3. The molecule has 1 N–H and O–H groups in total. The molecule has 0 spiro atoms. The fraction of sp³-hybridized carbons (Fsp3) is 0.900. The van der Waals surface area contributed by atoms with Crippen molar-refractivity contribution >= 4 is 5.97 Å². The van der Waals surface area contributed by atoms with E-state index in [1.165, 1.54) is 0 Å². The van der Waals surface area contributed by atoms with Crippen molar-refractivity contribution in [2.75, 3.05) is 13.1 Å². The minimum atomic E-state index is -0.522. The summed E-state index contributed by atoms with van der Waals surface area (Å²) in [6.07, 6.45) is 0.384. The van der Waals surface area contributed by atoms with E-state index in [0.717, 1.165) is 6.54 Å². The lowest BCUT2D eigenvalue weighted by Crippen LogP contribution is -2.46. The molecule has 6 nitrogen and oxygen atoms in total. The first-order valence-electron chi connectivity index (χ1n) is 5.41. The van der Waals surface area contributed by atoms with Crippen LogP contribution in [0.4, 0.5) is 0 Å². The van der Waals surface area contributed by atoms with Crippen LogP contribution in [-0.4, -0.2) is 31.2 Å². The van der Waals surface area contributed by atoms with Crippen LogP contribution >= 0.6 is 0 Å². The number of hydrogen-bond acceptors (Lipinski definition) is 4. The maximum atomic E-state index is 11.7. The third-order valence-electron chi connectivity index (χ3n) is 2.46. The molecule has 6 heteroatoms. The second-order valence-corrected chi connectivity index (χ2v) is 4.96. The smallest absolute Gasteiger partial charge is 0.311 e. The van der Waals surface area contributed by atoms with Gasteiger partial charge in [0.1, 0.15) is 6.10 Å². The van der Waals surface area contributed by atoms with E-state index in [9.17, 15) is 4.79 Å². The van der Waals surface area contributed by atoms with E-state index in [0.29, 0.717) is 13.0 Å². The molecule has 16 heavy (non-hydrogen) atoms. The van der Waals surface area contributed by atoms with Gasteiger partial charge >= 0.3 is 5.97 Å². The number of esters is 1. The van der Waals surface area contributed by atoms with Gasteiger partial charge in [0.15, 0.2) is 0 Å². The molecule has 0 aromatic rings. The van der Waals surface area contributed by atoms with Crippen molar-refractivity contribution in [3.05, 3.63) is 10.4 Å². The maximum Gasteiger partial charge on any atom is 0.311 e. The molecule has 1 aliphatic heterocycles. The molecule has 1 rings (SSSR count). The first-order chi connectivity index (χ1) is 7.45. The van der Waals surface area contributed by atoms with Crippen LogP contribution in [0.5, 0.6) is 0 Å². The summed E-state index contributed by atoms with van der Waals surface area (Å²) in [5.74, 6) is -0.252. The summed E-state index contributed by atoms with van der Waals surface area (Å²) >= 11 is 0. The number of carbonyl (C=O) groups is 1. The molecule has 0 bridgehead atoms. The molecule has 0 amide bonds. The van der Waals surface area contributed by atoms with Crippen LogP contribution in [0.25, 0.3) is 10.4 Å². The Morgan fingerprint density at radius 3 is 2.81 bits per heavy atom. The molecular weight excluding hydrogens is 208 g/mol. The van der Waals surface area contributed by atoms with Gasteiger partial charge in [0, 0.05) is 11.5 Å². The van der Waals surface area contributed by atoms with E-state index in [1.54, 1.807) is 20.8 Å². The van der Waals surface area contributed by atoms with E-state index in [1.807, 2.05) is 0 Å². The Labute approximate surface area is 95.0 Å². The van der Waals surface area contributed by atoms with Crippen LogP contribution in [-0.2, 0) is 9.53 Å². The Hall–Kier alpha value is -1.26. The topological polar surface area (TPSA) is 87.1 Å². The van der Waals surface area contributed by atoms with Crippen molar-refractivity contribution < 1.29 is 9.53 Å². The van der Waals surface area contributed by atoms with Crippen molar-refractivity contribution in [2.24, 2.45) is 10.5 Å². The highest BCUT2D eigenvalue weighted by Crippen LogP contribution is 2.20. The molecule has 0 aromatic carbocycles. The number of nitrogens with zero attached hydrogens (tertiary/aromatic N) is 3. The minimum absolute atomic E-state index is 0.252. The average molecular weight is 226 g/mol. The largest absolute Gasteiger partial charge is 0.461 e. The summed E-state index contributed by atoms with van der Waals surface area (Å²) in [6, 6.07) is -0.301. The number of nitrogens with one attached hydrogen (secondary N) is 1. The first kappa shape index (κ1) is 12.8. The van der Waals surface area contributed by atoms with E-state index < -0.39 is 5.41 Å². The van der Waals surface area contributed by atoms with Crippen molar-refractivity contribution in [1.82, 2.24) is 5.32 Å². The summed E-state index contributed by atoms with van der Waals surface area (Å²) in [5.41, 5.74) is 7.90. The first-order valence-corrected chi connectivity index (χ1v) is 5.41. The van der Waals surface area contributed by atoms with Crippen LogP contribution in [0.2, 0.25) is 0 Å². The number of azide groups is 1. The fourth-order valence-corrected chi connectivity index (χ4v) is 1.45. The minimum Gasteiger partial charge on any atom is -0.461 e. The molecule has 1 fully saturated rings. The average Bonchev–Trinajstić information content (AvgIpc) is 2.20. The van der Waals surface area contributed by atoms with E-state index in [4.69, 9.17) is 10.3 Å². The Morgan fingerprint density at radius 2 is 2.25 bits per heavy atom. The second-order valence-electron chi connectivity index (χ2n) is 4.96. The molecule has 1 heterocycles. The highest BCUT2D eigenvalue weighted by atomic mass is 16.5. The third kappa shape index (κ3) is 3.40. The van der Waals surface area contributed by atoms with Gasteiger partial charge < -0.3 is 10.1 Å². The summed E-state index contributed by atoms with van der Waals surface area (Å²) in [4.78, 5) is 14.5. The van der Waals surface area contributed by atoms with Gasteiger partial charge in [0.25, 0.3) is 0 Å². The van der Waals surface area contributed by atoms with E-state index in [-0.39, 0.29) is 18.1 Å². The SMILES string of the molecule is CC(C)(C)C(=O)OC1CCNCC1N=[N+]=[N-]. The van der Waals surface area contributed by atoms with Crippen LogP contribution < -0.4 is 5.32 Å². The lowest BCUT2D eigenvalue weighted by Gasteiger charge is -2.30. The van der Waals surface area contributed by atoms with Gasteiger partial charge in [-0.1, -0.05) is 5.11 Å². The number of rotatable bonds is 2. The zero-order valence-corrected chi connectivity index (χ0v) is 9.93. The van der Waals surface area contributed by atoms with E-state index in [2.05, 4.69) is 15.3 Å². The van der Waals surface area contributed by atoms with Gasteiger partial charge in [-0.15, -0.1) is 0 Å². The summed E-state index contributed by atoms with van der Waals surface area (Å²) in [5, 5.41) is 6.75. The molecule has 1 aliphatic rings. The Balaban J connectivity index is 2.63. The highest BCUT2D eigenvalue weighted by Gasteiger charge is 2.31. The van der Waals surface area contributed by atoms with Gasteiger partial charge in [-0.25, -0.2) is 0 Å². The lowest BCUT2D eigenvalue weighted by atomic mass is 9.96. The van der Waals surface area contributed by atoms with Gasteiger partial charge in [0.2, 0.25) is 0 Å². The van der Waals surface area contributed by atoms with Crippen LogP contribution in [0, 0.1) is 5.41 Å². The molecule has 2 unspecified atom stereocenters. The summed E-state index contributed by atoms with van der Waals surface area (Å²) in [6.45, 7) is 6.75. The lowest BCUT2D eigenvalue weighted by molar-refractivity contribution is -0.160. The molecule has 0 saturated carbocycles. The zero-order chi connectivity index (χ0) is 12.2. The summed E-state index contributed by atoms with van der Waals surface area (Å²) < 4.78 is 5.38. The van der Waals surface area contributed by atoms with Crippen LogP contribution in [0.15, 0.2) is 5.11 Å². The fourth-order valence-electron chi connectivity index (χ4n) is 1.45. The summed E-state index contributed by atoms with van der Waals surface area (Å²) in [7, 11) is 0. The van der Waals surface area contributed by atoms with Gasteiger partial charge in [-0.3, -0.25) is 4.79 Å². The molecule has 0 aromatic heterocycles. The number of hydrogen-bond donors (Lipinski definition) is 1. The predicted octanol–water partition coefficient (Wildman–Crippen LogP) is 1.62. The Morgan fingerprint density at radius 1 is 1.56 bits per heavy atom. The quantitative estimate of drug-likeness (QED) is 0.336. The highest BCUT2D eigenvalue weighted by molar-refractivity contribution is 5.75. The van der Waals surface area contributed by atoms with E-state index >= 15 is 0 Å². The van der Waals surface area contributed by atoms with Gasteiger partial charge in [-0.2, -0.15) is 0 Å². The maximum absolute atomic E-state index is 11.7. The molecule has 0 aliphatic carbocycles. The Bertz CT molecular complexity index is 304. The van der Waals surface area contributed by atoms with Crippen molar-refractivity contribution in [2.45, 2.75) is 39.3 Å². The number of ether oxygens (including phenoxy) is 1. The van der Waals surface area contributed by atoms with Crippen LogP contribution in [0.3, 0.4) is 0 Å². The third-order valence-corrected chi connectivity index (χ3v) is 2.46. The second kappa shape index (κ2) is 5.18. The normalized spacial score (nSPS) is 25.7. The van der Waals surface area contributed by atoms with Crippen molar-refractivity contribution in [3.8, 4) is 0 Å². The van der Waals surface area contributed by atoms with Crippen LogP contribution in [0.1, 0.15) is 27.2 Å². The molecule has 90 valence electrons. The molecular formula is C10H18N4O2. The molecule has 0 radical (unpaired) electrons. The van der Waals surface area contributed by atoms with Crippen molar-refractivity contribution in [1.29, 1.82) is 0 Å². The van der Waals surface area contributed by atoms with Gasteiger partial charge in [-0.05, 0) is 39.3 Å².